The fraction of sp³-hybridized carbons (Fsp3) is 0.385. The van der Waals surface area contributed by atoms with Crippen LogP contribution in [0.3, 0.4) is 0 Å². The minimum atomic E-state index is 0.518. The molecule has 1 aliphatic carbocycles. The van der Waals surface area contributed by atoms with Gasteiger partial charge in [0.05, 0.1) is 0 Å². The topological polar surface area (TPSA) is 12.0 Å². The van der Waals surface area contributed by atoms with Crippen LogP contribution in [0.4, 0.5) is 0 Å². The second-order valence-electron chi connectivity index (χ2n) is 4.76. The highest BCUT2D eigenvalue weighted by Crippen LogP contribution is 2.58. The van der Waals surface area contributed by atoms with E-state index < -0.39 is 0 Å². The molecule has 2 fully saturated rings. The quantitative estimate of drug-likeness (QED) is 0.769. The molecule has 2 heterocycles. The van der Waals surface area contributed by atoms with Crippen LogP contribution in [0.2, 0.25) is 0 Å². The smallest absolute Gasteiger partial charge is 0.0352 e. The number of benzene rings is 1. The van der Waals surface area contributed by atoms with E-state index in [4.69, 9.17) is 0 Å². The summed E-state index contributed by atoms with van der Waals surface area (Å²) >= 11 is 1.96. The number of thiophene rings is 1. The molecule has 1 radical (unpaired) electrons. The Labute approximate surface area is 93.1 Å². The van der Waals surface area contributed by atoms with Gasteiger partial charge in [0.2, 0.25) is 0 Å². The molecule has 0 bridgehead atoms. The summed E-state index contributed by atoms with van der Waals surface area (Å²) < 4.78 is 1.39. The van der Waals surface area contributed by atoms with Gasteiger partial charge in [-0.3, -0.25) is 0 Å². The molecule has 2 unspecified atom stereocenters. The SMILES string of the molecule is [c]1ccc2cc(C34CNCC3C4)sc2c1. The van der Waals surface area contributed by atoms with E-state index in [1.165, 1.54) is 29.6 Å². The zero-order valence-electron chi connectivity index (χ0n) is 8.42. The lowest BCUT2D eigenvalue weighted by atomic mass is 10.0. The Bertz CT molecular complexity index is 497. The van der Waals surface area contributed by atoms with Gasteiger partial charge in [0, 0.05) is 21.5 Å². The van der Waals surface area contributed by atoms with E-state index in [9.17, 15) is 0 Å². The van der Waals surface area contributed by atoms with Crippen molar-refractivity contribution in [1.82, 2.24) is 5.32 Å². The lowest BCUT2D eigenvalue weighted by Gasteiger charge is -2.07. The summed E-state index contributed by atoms with van der Waals surface area (Å²) in [5.74, 6) is 0.912. The van der Waals surface area contributed by atoms with Crippen LogP contribution in [0.1, 0.15) is 11.3 Å². The number of nitrogens with one attached hydrogen (secondary N) is 1. The third-order valence-corrected chi connectivity index (χ3v) is 5.24. The molecule has 4 rings (SSSR count). The minimum absolute atomic E-state index is 0.518. The Balaban J connectivity index is 1.89. The molecule has 1 saturated heterocycles. The number of hydrogen-bond donors (Lipinski definition) is 1. The lowest BCUT2D eigenvalue weighted by molar-refractivity contribution is 0.686. The highest BCUT2D eigenvalue weighted by molar-refractivity contribution is 7.19. The summed E-state index contributed by atoms with van der Waals surface area (Å²) in [5, 5.41) is 4.89. The van der Waals surface area contributed by atoms with Gasteiger partial charge in [-0.1, -0.05) is 12.1 Å². The van der Waals surface area contributed by atoms with Crippen LogP contribution in [0, 0.1) is 12.0 Å². The summed E-state index contributed by atoms with van der Waals surface area (Å²) in [6.45, 7) is 2.41. The number of hydrogen-bond acceptors (Lipinski definition) is 2. The first-order chi connectivity index (χ1) is 7.38. The van der Waals surface area contributed by atoms with Crippen molar-refractivity contribution in [2.75, 3.05) is 13.1 Å². The van der Waals surface area contributed by atoms with Crippen LogP contribution >= 0.6 is 11.3 Å². The second kappa shape index (κ2) is 2.63. The average molecular weight is 214 g/mol. The standard InChI is InChI=1S/C13H12NS/c1-2-4-11-9(3-1)5-12(15-11)13-6-10(13)7-14-8-13/h1,3-5,10,14H,6-8H2. The molecule has 1 saturated carbocycles. The largest absolute Gasteiger partial charge is 0.315 e. The highest BCUT2D eigenvalue weighted by atomic mass is 32.1. The van der Waals surface area contributed by atoms with Crippen LogP contribution in [-0.2, 0) is 5.41 Å². The number of piperidine rings is 1. The monoisotopic (exact) mass is 214 g/mol. The maximum absolute atomic E-state index is 3.50. The van der Waals surface area contributed by atoms with E-state index in [0.717, 1.165) is 5.92 Å². The van der Waals surface area contributed by atoms with Gasteiger partial charge in [0.15, 0.2) is 0 Å². The second-order valence-corrected chi connectivity index (χ2v) is 5.85. The van der Waals surface area contributed by atoms with Crippen molar-refractivity contribution >= 4 is 21.4 Å². The molecule has 2 heteroatoms. The summed E-state index contributed by atoms with van der Waals surface area (Å²) in [6, 6.07) is 11.8. The summed E-state index contributed by atoms with van der Waals surface area (Å²) in [7, 11) is 0. The third-order valence-electron chi connectivity index (χ3n) is 3.92. The molecule has 0 amide bonds. The molecular weight excluding hydrogens is 202 g/mol. The van der Waals surface area contributed by atoms with Crippen molar-refractivity contribution in [3.05, 3.63) is 35.2 Å². The van der Waals surface area contributed by atoms with Crippen LogP contribution in [0.5, 0.6) is 0 Å². The molecule has 0 spiro atoms. The van der Waals surface area contributed by atoms with Gasteiger partial charge in [-0.05, 0) is 42.5 Å². The Morgan fingerprint density at radius 1 is 1.53 bits per heavy atom. The van der Waals surface area contributed by atoms with Gasteiger partial charge in [-0.25, -0.2) is 0 Å². The predicted molar refractivity (Wildman–Crippen MR) is 63.3 cm³/mol. The van der Waals surface area contributed by atoms with E-state index >= 15 is 0 Å². The maximum atomic E-state index is 3.50. The molecule has 1 aromatic carbocycles. The molecule has 75 valence electrons. The van der Waals surface area contributed by atoms with Gasteiger partial charge in [-0.15, -0.1) is 11.3 Å². The van der Waals surface area contributed by atoms with Crippen LogP contribution in [0.25, 0.3) is 10.1 Å². The van der Waals surface area contributed by atoms with Crippen molar-refractivity contribution in [2.45, 2.75) is 11.8 Å². The zero-order chi connectivity index (χ0) is 9.88. The first kappa shape index (κ1) is 8.31. The first-order valence-corrected chi connectivity index (χ1v) is 6.31. The number of rotatable bonds is 1. The van der Waals surface area contributed by atoms with Gasteiger partial charge >= 0.3 is 0 Å². The van der Waals surface area contributed by atoms with E-state index in [-0.39, 0.29) is 0 Å². The Hall–Kier alpha value is -0.860. The normalized spacial score (nSPS) is 33.2. The minimum Gasteiger partial charge on any atom is -0.315 e. The molecule has 2 atom stereocenters. The Kier molecular flexibility index (Phi) is 1.46. The fourth-order valence-corrected chi connectivity index (χ4v) is 4.21. The van der Waals surface area contributed by atoms with Crippen molar-refractivity contribution in [1.29, 1.82) is 0 Å². The van der Waals surface area contributed by atoms with Crippen molar-refractivity contribution in [2.24, 2.45) is 5.92 Å². The van der Waals surface area contributed by atoms with Crippen LogP contribution in [-0.4, -0.2) is 13.1 Å². The maximum Gasteiger partial charge on any atom is 0.0352 e. The Morgan fingerprint density at radius 3 is 3.27 bits per heavy atom. The summed E-state index contributed by atoms with van der Waals surface area (Å²) in [4.78, 5) is 1.59. The van der Waals surface area contributed by atoms with Crippen molar-refractivity contribution < 1.29 is 0 Å². The average Bonchev–Trinajstić information content (AvgIpc) is 2.68. The zero-order valence-corrected chi connectivity index (χ0v) is 9.23. The van der Waals surface area contributed by atoms with Gasteiger partial charge in [-0.2, -0.15) is 0 Å². The van der Waals surface area contributed by atoms with E-state index in [0.29, 0.717) is 5.41 Å². The molecule has 15 heavy (non-hydrogen) atoms. The molecule has 1 nitrogen and oxygen atoms in total. The van der Waals surface area contributed by atoms with E-state index in [1.54, 1.807) is 4.88 Å². The summed E-state index contributed by atoms with van der Waals surface area (Å²) in [6.07, 6.45) is 1.40. The van der Waals surface area contributed by atoms with E-state index in [1.807, 2.05) is 17.4 Å². The Morgan fingerprint density at radius 2 is 2.53 bits per heavy atom. The molecular formula is C13H12NS. The van der Waals surface area contributed by atoms with Crippen LogP contribution < -0.4 is 5.32 Å². The highest BCUT2D eigenvalue weighted by Gasteiger charge is 2.58. The molecule has 2 aromatic rings. The van der Waals surface area contributed by atoms with Gasteiger partial charge in [0.25, 0.3) is 0 Å². The lowest BCUT2D eigenvalue weighted by Crippen LogP contribution is -2.18. The molecule has 1 N–H and O–H groups in total. The van der Waals surface area contributed by atoms with Crippen LogP contribution in [0.15, 0.2) is 24.3 Å². The fourth-order valence-electron chi connectivity index (χ4n) is 2.89. The molecule has 1 aliphatic heterocycles. The predicted octanol–water partition coefficient (Wildman–Crippen LogP) is 2.56. The molecule has 2 aliphatic rings. The number of fused-ring (bicyclic) bond motifs is 2. The van der Waals surface area contributed by atoms with Gasteiger partial charge < -0.3 is 5.32 Å². The third kappa shape index (κ3) is 1.01. The van der Waals surface area contributed by atoms with Crippen molar-refractivity contribution in [3.63, 3.8) is 0 Å². The summed E-state index contributed by atoms with van der Waals surface area (Å²) in [5.41, 5.74) is 0.518. The van der Waals surface area contributed by atoms with Gasteiger partial charge in [0.1, 0.15) is 0 Å². The first-order valence-electron chi connectivity index (χ1n) is 5.49. The van der Waals surface area contributed by atoms with Crippen molar-refractivity contribution in [3.8, 4) is 0 Å². The van der Waals surface area contributed by atoms with E-state index in [2.05, 4.69) is 29.6 Å². The molecule has 1 aromatic heterocycles.